The van der Waals surface area contributed by atoms with Gasteiger partial charge in [-0.1, -0.05) is 17.7 Å². The molecule has 4 heteroatoms. The van der Waals surface area contributed by atoms with Gasteiger partial charge in [-0.2, -0.15) is 5.10 Å². The number of nitrogens with two attached hydrogens (primary N) is 1. The maximum absolute atomic E-state index is 6.19. The fourth-order valence-corrected chi connectivity index (χ4v) is 2.43. The highest BCUT2D eigenvalue weighted by Crippen LogP contribution is 2.23. The van der Waals surface area contributed by atoms with Crippen LogP contribution in [0.4, 0.5) is 0 Å². The van der Waals surface area contributed by atoms with Crippen LogP contribution in [-0.2, 0) is 6.42 Å². The van der Waals surface area contributed by atoms with E-state index in [1.165, 1.54) is 5.56 Å². The molecule has 0 radical (unpaired) electrons. The second kappa shape index (κ2) is 5.35. The largest absolute Gasteiger partial charge is 0.328 e. The third-order valence-electron chi connectivity index (χ3n) is 3.37. The van der Waals surface area contributed by atoms with Crippen LogP contribution in [0.2, 0.25) is 5.02 Å². The Balaban J connectivity index is 2.48. The molecule has 0 aliphatic rings. The van der Waals surface area contributed by atoms with Crippen LogP contribution in [0.5, 0.6) is 0 Å². The Hall–Kier alpha value is -1.32. The van der Waals surface area contributed by atoms with Gasteiger partial charge >= 0.3 is 0 Å². The molecule has 2 aromatic rings. The average Bonchev–Trinajstić information content (AvgIpc) is 2.60. The van der Waals surface area contributed by atoms with Gasteiger partial charge in [-0.05, 0) is 57.4 Å². The van der Waals surface area contributed by atoms with E-state index in [9.17, 15) is 0 Å². The summed E-state index contributed by atoms with van der Waals surface area (Å²) < 4.78 is 1.94. The minimum Gasteiger partial charge on any atom is -0.328 e. The Morgan fingerprint density at radius 3 is 2.58 bits per heavy atom. The van der Waals surface area contributed by atoms with Crippen LogP contribution in [-0.4, -0.2) is 15.8 Å². The third kappa shape index (κ3) is 2.82. The number of aromatic nitrogens is 2. The SMILES string of the molecule is Cc1ccc(-n2nc(C)c(CC(C)N)c2C)cc1Cl. The predicted octanol–water partition coefficient (Wildman–Crippen LogP) is 3.34. The van der Waals surface area contributed by atoms with Crippen molar-refractivity contribution in [3.05, 3.63) is 45.7 Å². The molecule has 19 heavy (non-hydrogen) atoms. The van der Waals surface area contributed by atoms with Crippen molar-refractivity contribution < 1.29 is 0 Å². The molecule has 0 fully saturated rings. The fourth-order valence-electron chi connectivity index (χ4n) is 2.26. The van der Waals surface area contributed by atoms with Crippen LogP contribution in [0.1, 0.15) is 29.4 Å². The van der Waals surface area contributed by atoms with Crippen molar-refractivity contribution in [1.82, 2.24) is 9.78 Å². The lowest BCUT2D eigenvalue weighted by Gasteiger charge is -2.08. The van der Waals surface area contributed by atoms with Crippen LogP contribution in [0.15, 0.2) is 18.2 Å². The summed E-state index contributed by atoms with van der Waals surface area (Å²) in [5.41, 5.74) is 11.4. The van der Waals surface area contributed by atoms with Gasteiger partial charge < -0.3 is 5.73 Å². The number of nitrogens with zero attached hydrogens (tertiary/aromatic N) is 2. The first-order chi connectivity index (χ1) is 8.90. The molecule has 102 valence electrons. The number of halogens is 1. The lowest BCUT2D eigenvalue weighted by atomic mass is 10.1. The molecule has 0 saturated carbocycles. The van der Waals surface area contributed by atoms with Crippen molar-refractivity contribution in [2.75, 3.05) is 0 Å². The molecule has 2 rings (SSSR count). The highest BCUT2D eigenvalue weighted by molar-refractivity contribution is 6.31. The summed E-state index contributed by atoms with van der Waals surface area (Å²) in [6.45, 7) is 8.11. The molecule has 0 amide bonds. The Morgan fingerprint density at radius 1 is 1.32 bits per heavy atom. The maximum atomic E-state index is 6.19. The molecule has 0 aliphatic heterocycles. The van der Waals surface area contributed by atoms with Gasteiger partial charge in [0.1, 0.15) is 0 Å². The molecule has 0 bridgehead atoms. The second-order valence-electron chi connectivity index (χ2n) is 5.18. The topological polar surface area (TPSA) is 43.8 Å². The van der Waals surface area contributed by atoms with Gasteiger partial charge in [0.15, 0.2) is 0 Å². The molecule has 1 unspecified atom stereocenters. The number of benzene rings is 1. The fraction of sp³-hybridized carbons (Fsp3) is 0.400. The van der Waals surface area contributed by atoms with E-state index in [0.29, 0.717) is 0 Å². The Labute approximate surface area is 119 Å². The molecular weight excluding hydrogens is 258 g/mol. The molecule has 1 aromatic heterocycles. The summed E-state index contributed by atoms with van der Waals surface area (Å²) in [5, 5.41) is 5.37. The normalized spacial score (nSPS) is 12.7. The molecular formula is C15H20ClN3. The lowest BCUT2D eigenvalue weighted by molar-refractivity contribution is 0.730. The molecule has 0 saturated heterocycles. The summed E-state index contributed by atoms with van der Waals surface area (Å²) in [6, 6.07) is 6.14. The van der Waals surface area contributed by atoms with Crippen LogP contribution in [0.3, 0.4) is 0 Å². The van der Waals surface area contributed by atoms with Gasteiger partial charge in [0.25, 0.3) is 0 Å². The number of aryl methyl sites for hydroxylation is 2. The third-order valence-corrected chi connectivity index (χ3v) is 3.77. The van der Waals surface area contributed by atoms with E-state index in [2.05, 4.69) is 12.0 Å². The van der Waals surface area contributed by atoms with Crippen LogP contribution < -0.4 is 5.73 Å². The Bertz CT molecular complexity index is 600. The van der Waals surface area contributed by atoms with E-state index >= 15 is 0 Å². The molecule has 2 N–H and O–H groups in total. The summed E-state index contributed by atoms with van der Waals surface area (Å²) in [6.07, 6.45) is 0.845. The highest BCUT2D eigenvalue weighted by atomic mass is 35.5. The van der Waals surface area contributed by atoms with Crippen molar-refractivity contribution >= 4 is 11.6 Å². The van der Waals surface area contributed by atoms with E-state index < -0.39 is 0 Å². The zero-order valence-electron chi connectivity index (χ0n) is 11.9. The van der Waals surface area contributed by atoms with E-state index in [1.807, 2.05) is 43.7 Å². The Kier molecular flexibility index (Phi) is 3.97. The first kappa shape index (κ1) is 14.1. The van der Waals surface area contributed by atoms with Gasteiger partial charge in [0, 0.05) is 16.8 Å². The average molecular weight is 278 g/mol. The van der Waals surface area contributed by atoms with Crippen molar-refractivity contribution in [3.63, 3.8) is 0 Å². The number of hydrogen-bond donors (Lipinski definition) is 1. The predicted molar refractivity (Wildman–Crippen MR) is 80.1 cm³/mol. The van der Waals surface area contributed by atoms with Gasteiger partial charge in [-0.15, -0.1) is 0 Å². The van der Waals surface area contributed by atoms with Gasteiger partial charge in [0.05, 0.1) is 11.4 Å². The zero-order chi connectivity index (χ0) is 14.2. The summed E-state index contributed by atoms with van der Waals surface area (Å²) in [7, 11) is 0. The standard InChI is InChI=1S/C15H20ClN3/c1-9-5-6-13(8-15(9)16)19-12(4)14(7-10(2)17)11(3)18-19/h5-6,8,10H,7,17H2,1-4H3. The second-order valence-corrected chi connectivity index (χ2v) is 5.58. The van der Waals surface area contributed by atoms with Crippen molar-refractivity contribution in [1.29, 1.82) is 0 Å². The van der Waals surface area contributed by atoms with E-state index in [4.69, 9.17) is 17.3 Å². The summed E-state index contributed by atoms with van der Waals surface area (Å²) >= 11 is 6.19. The molecule has 1 aromatic carbocycles. The molecule has 0 spiro atoms. The molecule has 0 aliphatic carbocycles. The van der Waals surface area contributed by atoms with Crippen molar-refractivity contribution in [3.8, 4) is 5.69 Å². The minimum atomic E-state index is 0.136. The van der Waals surface area contributed by atoms with Crippen molar-refractivity contribution in [2.24, 2.45) is 5.73 Å². The summed E-state index contributed by atoms with van der Waals surface area (Å²) in [4.78, 5) is 0. The van der Waals surface area contributed by atoms with Crippen LogP contribution >= 0.6 is 11.6 Å². The quantitative estimate of drug-likeness (QED) is 0.935. The van der Waals surface area contributed by atoms with E-state index in [0.717, 1.165) is 34.1 Å². The zero-order valence-corrected chi connectivity index (χ0v) is 12.6. The first-order valence-corrected chi connectivity index (χ1v) is 6.85. The van der Waals surface area contributed by atoms with Gasteiger partial charge in [0.2, 0.25) is 0 Å². The van der Waals surface area contributed by atoms with E-state index in [-0.39, 0.29) is 6.04 Å². The van der Waals surface area contributed by atoms with E-state index in [1.54, 1.807) is 0 Å². The number of hydrogen-bond acceptors (Lipinski definition) is 2. The first-order valence-electron chi connectivity index (χ1n) is 6.47. The molecule has 1 atom stereocenters. The lowest BCUT2D eigenvalue weighted by Crippen LogP contribution is -2.18. The highest BCUT2D eigenvalue weighted by Gasteiger charge is 2.14. The number of rotatable bonds is 3. The Morgan fingerprint density at radius 2 is 2.00 bits per heavy atom. The van der Waals surface area contributed by atoms with Gasteiger partial charge in [-0.3, -0.25) is 0 Å². The molecule has 3 nitrogen and oxygen atoms in total. The van der Waals surface area contributed by atoms with Gasteiger partial charge in [-0.25, -0.2) is 4.68 Å². The maximum Gasteiger partial charge on any atom is 0.0663 e. The van der Waals surface area contributed by atoms with Crippen molar-refractivity contribution in [2.45, 2.75) is 40.2 Å². The molecule has 1 heterocycles. The van der Waals surface area contributed by atoms with Crippen LogP contribution in [0.25, 0.3) is 5.69 Å². The van der Waals surface area contributed by atoms with Crippen LogP contribution in [0, 0.1) is 20.8 Å². The smallest absolute Gasteiger partial charge is 0.0663 e. The summed E-state index contributed by atoms with van der Waals surface area (Å²) in [5.74, 6) is 0. The minimum absolute atomic E-state index is 0.136. The monoisotopic (exact) mass is 277 g/mol.